The van der Waals surface area contributed by atoms with Crippen molar-refractivity contribution in [2.24, 2.45) is 5.92 Å². The summed E-state index contributed by atoms with van der Waals surface area (Å²) in [5, 5.41) is 0. The summed E-state index contributed by atoms with van der Waals surface area (Å²) in [6, 6.07) is 0. The molecule has 0 aliphatic heterocycles. The maximum Gasteiger partial charge on any atom is 2.00 e. The van der Waals surface area contributed by atoms with E-state index in [1.165, 1.54) is 25.7 Å². The largest absolute Gasteiger partial charge is 2.00 e. The van der Waals surface area contributed by atoms with E-state index in [-0.39, 0.29) is 57.0 Å². The van der Waals surface area contributed by atoms with Crippen LogP contribution in [0.2, 0.25) is 0 Å². The molecule has 0 aromatic rings. The second-order valence-corrected chi connectivity index (χ2v) is 2.66. The second-order valence-electron chi connectivity index (χ2n) is 2.66. The van der Waals surface area contributed by atoms with E-state index in [2.05, 4.69) is 20.8 Å². The molecule has 0 bridgehead atoms. The predicted octanol–water partition coefficient (Wildman–Crippen LogP) is -3.15. The first-order chi connectivity index (χ1) is 3.81. The van der Waals surface area contributed by atoms with Crippen LogP contribution in [0.5, 0.6) is 0 Å². The minimum atomic E-state index is 0. The second kappa shape index (κ2) is 17.7. The summed E-state index contributed by atoms with van der Waals surface area (Å²) in [5.41, 5.74) is 0. The first kappa shape index (κ1) is 23.0. The molecule has 0 heterocycles. The van der Waals surface area contributed by atoms with Gasteiger partial charge in [0.25, 0.3) is 0 Å². The zero-order valence-electron chi connectivity index (χ0n) is 7.87. The molecular formula is C8H18Br2Mg. The first-order valence-electron chi connectivity index (χ1n) is 3.81. The van der Waals surface area contributed by atoms with E-state index >= 15 is 0 Å². The SMILES string of the molecule is CCCCC(C)CC.[Br-].[Br-].[Mg+2]. The van der Waals surface area contributed by atoms with Gasteiger partial charge in [-0.15, -0.1) is 0 Å². The molecule has 66 valence electrons. The summed E-state index contributed by atoms with van der Waals surface area (Å²) in [6.45, 7) is 6.85. The molecule has 0 saturated heterocycles. The summed E-state index contributed by atoms with van der Waals surface area (Å²) in [4.78, 5) is 0. The van der Waals surface area contributed by atoms with Gasteiger partial charge in [0.1, 0.15) is 0 Å². The van der Waals surface area contributed by atoms with Gasteiger partial charge in [-0.1, -0.05) is 46.5 Å². The zero-order chi connectivity index (χ0) is 6.41. The van der Waals surface area contributed by atoms with Crippen molar-refractivity contribution in [1.82, 2.24) is 0 Å². The summed E-state index contributed by atoms with van der Waals surface area (Å²) < 4.78 is 0. The molecule has 3 heteroatoms. The van der Waals surface area contributed by atoms with Gasteiger partial charge in [-0.25, -0.2) is 0 Å². The molecule has 0 amide bonds. The van der Waals surface area contributed by atoms with E-state index in [1.54, 1.807) is 0 Å². The van der Waals surface area contributed by atoms with E-state index < -0.39 is 0 Å². The van der Waals surface area contributed by atoms with Crippen LogP contribution in [0.4, 0.5) is 0 Å². The number of rotatable bonds is 4. The van der Waals surface area contributed by atoms with Crippen molar-refractivity contribution in [1.29, 1.82) is 0 Å². The summed E-state index contributed by atoms with van der Waals surface area (Å²) in [5.74, 6) is 0.954. The normalized spacial score (nSPS) is 10.1. The Morgan fingerprint density at radius 1 is 1.09 bits per heavy atom. The van der Waals surface area contributed by atoms with Gasteiger partial charge in [-0.05, 0) is 5.92 Å². The van der Waals surface area contributed by atoms with Gasteiger partial charge >= 0.3 is 23.1 Å². The van der Waals surface area contributed by atoms with Crippen LogP contribution in [0, 0.1) is 5.92 Å². The molecule has 0 radical (unpaired) electrons. The van der Waals surface area contributed by atoms with E-state index in [0.717, 1.165) is 5.92 Å². The zero-order valence-corrected chi connectivity index (χ0v) is 12.5. The number of unbranched alkanes of at least 4 members (excludes halogenated alkanes) is 1. The molecule has 0 aliphatic rings. The fraction of sp³-hybridized carbons (Fsp3) is 1.00. The summed E-state index contributed by atoms with van der Waals surface area (Å²) in [7, 11) is 0. The third-order valence-electron chi connectivity index (χ3n) is 1.75. The number of hydrogen-bond donors (Lipinski definition) is 0. The maximum atomic E-state index is 2.33. The molecular weight excluding hydrogens is 280 g/mol. The van der Waals surface area contributed by atoms with E-state index in [1.807, 2.05) is 0 Å². The Bertz CT molecular complexity index is 51.4. The van der Waals surface area contributed by atoms with Crippen LogP contribution >= 0.6 is 0 Å². The minimum absolute atomic E-state index is 0. The molecule has 0 nitrogen and oxygen atoms in total. The van der Waals surface area contributed by atoms with Gasteiger partial charge in [0.05, 0.1) is 0 Å². The van der Waals surface area contributed by atoms with Crippen molar-refractivity contribution in [3.8, 4) is 0 Å². The Kier molecular flexibility index (Phi) is 37.0. The maximum absolute atomic E-state index is 2.33. The van der Waals surface area contributed by atoms with Gasteiger partial charge in [0.2, 0.25) is 0 Å². The van der Waals surface area contributed by atoms with Gasteiger partial charge < -0.3 is 34.0 Å². The Labute approximate surface area is 109 Å². The summed E-state index contributed by atoms with van der Waals surface area (Å²) >= 11 is 0. The molecule has 1 unspecified atom stereocenters. The Hall–Kier alpha value is 1.73. The Balaban J connectivity index is -0.0000000817. The smallest absolute Gasteiger partial charge is 1.00 e. The quantitative estimate of drug-likeness (QED) is 0.481. The fourth-order valence-corrected chi connectivity index (χ4v) is 0.757. The van der Waals surface area contributed by atoms with Crippen LogP contribution in [0.25, 0.3) is 0 Å². The molecule has 0 spiro atoms. The molecule has 0 rings (SSSR count). The van der Waals surface area contributed by atoms with Crippen molar-refractivity contribution in [3.05, 3.63) is 0 Å². The Morgan fingerprint density at radius 3 is 1.82 bits per heavy atom. The number of halogens is 2. The Morgan fingerprint density at radius 2 is 1.55 bits per heavy atom. The standard InChI is InChI=1S/C8H18.2BrH.Mg/c1-4-6-7-8(3)5-2;;;/h8H,4-7H2,1-3H3;2*1H;/q;;;+2/p-2. The molecule has 0 aromatic heterocycles. The van der Waals surface area contributed by atoms with Crippen molar-refractivity contribution < 1.29 is 34.0 Å². The molecule has 1 atom stereocenters. The average Bonchev–Trinajstić information content (AvgIpc) is 1.83. The monoisotopic (exact) mass is 296 g/mol. The average molecular weight is 298 g/mol. The third-order valence-corrected chi connectivity index (χ3v) is 1.75. The first-order valence-corrected chi connectivity index (χ1v) is 3.81. The van der Waals surface area contributed by atoms with Crippen LogP contribution < -0.4 is 34.0 Å². The molecule has 0 N–H and O–H groups in total. The van der Waals surface area contributed by atoms with Crippen molar-refractivity contribution in [2.45, 2.75) is 46.5 Å². The molecule has 0 saturated carbocycles. The summed E-state index contributed by atoms with van der Waals surface area (Å²) in [6.07, 6.45) is 5.53. The minimum Gasteiger partial charge on any atom is -1.00 e. The van der Waals surface area contributed by atoms with Crippen LogP contribution in [0.3, 0.4) is 0 Å². The predicted molar refractivity (Wildman–Crippen MR) is 44.7 cm³/mol. The molecule has 0 aliphatic carbocycles. The third kappa shape index (κ3) is 18.6. The van der Waals surface area contributed by atoms with Crippen molar-refractivity contribution in [2.75, 3.05) is 0 Å². The van der Waals surface area contributed by atoms with E-state index in [4.69, 9.17) is 0 Å². The van der Waals surface area contributed by atoms with Crippen LogP contribution in [-0.4, -0.2) is 23.1 Å². The fourth-order valence-electron chi connectivity index (χ4n) is 0.757. The van der Waals surface area contributed by atoms with Crippen molar-refractivity contribution in [3.63, 3.8) is 0 Å². The van der Waals surface area contributed by atoms with E-state index in [9.17, 15) is 0 Å². The van der Waals surface area contributed by atoms with Crippen molar-refractivity contribution >= 4 is 23.1 Å². The molecule has 0 aromatic carbocycles. The van der Waals surface area contributed by atoms with Gasteiger partial charge in [-0.2, -0.15) is 0 Å². The van der Waals surface area contributed by atoms with Gasteiger partial charge in [-0.3, -0.25) is 0 Å². The van der Waals surface area contributed by atoms with Crippen LogP contribution in [-0.2, 0) is 0 Å². The van der Waals surface area contributed by atoms with Crippen LogP contribution in [0.1, 0.15) is 46.5 Å². The molecule has 11 heavy (non-hydrogen) atoms. The topological polar surface area (TPSA) is 0 Å². The molecule has 0 fully saturated rings. The number of hydrogen-bond acceptors (Lipinski definition) is 0. The van der Waals surface area contributed by atoms with Gasteiger partial charge in [0, 0.05) is 0 Å². The van der Waals surface area contributed by atoms with Gasteiger partial charge in [0.15, 0.2) is 0 Å². The van der Waals surface area contributed by atoms with Crippen LogP contribution in [0.15, 0.2) is 0 Å². The van der Waals surface area contributed by atoms with E-state index in [0.29, 0.717) is 0 Å².